The first kappa shape index (κ1) is 20.4. The molecule has 140 valence electrons. The van der Waals surface area contributed by atoms with E-state index < -0.39 is 41.5 Å². The molecule has 0 spiro atoms. The zero-order valence-electron chi connectivity index (χ0n) is 14.6. The first-order valence-corrected chi connectivity index (χ1v) is 7.48. The number of aliphatic hydroxyl groups excluding tert-OH is 1. The van der Waals surface area contributed by atoms with Crippen LogP contribution < -0.4 is 10.1 Å². The van der Waals surface area contributed by atoms with E-state index in [4.69, 9.17) is 14.6 Å². The van der Waals surface area contributed by atoms with Crippen LogP contribution in [0.15, 0.2) is 10.6 Å². The molecule has 1 rings (SSSR count). The van der Waals surface area contributed by atoms with Crippen LogP contribution in [0.4, 0.5) is 4.79 Å². The molecule has 0 aliphatic heterocycles. The lowest BCUT2D eigenvalue weighted by molar-refractivity contribution is -0.145. The minimum atomic E-state index is -1.98. The van der Waals surface area contributed by atoms with Crippen LogP contribution in [0.2, 0.25) is 0 Å². The molecule has 3 N–H and O–H groups in total. The second kappa shape index (κ2) is 7.97. The van der Waals surface area contributed by atoms with Crippen LogP contribution in [0.3, 0.4) is 0 Å². The summed E-state index contributed by atoms with van der Waals surface area (Å²) >= 11 is 0. The second-order valence-corrected chi connectivity index (χ2v) is 6.58. The van der Waals surface area contributed by atoms with Crippen molar-refractivity contribution in [2.24, 2.45) is 5.92 Å². The van der Waals surface area contributed by atoms with Gasteiger partial charge in [0.25, 0.3) is 12.2 Å². The number of rotatable bonds is 7. The van der Waals surface area contributed by atoms with Gasteiger partial charge in [-0.25, -0.2) is 9.59 Å². The van der Waals surface area contributed by atoms with Crippen molar-refractivity contribution < 1.29 is 38.6 Å². The molecular weight excluding hydrogens is 336 g/mol. The van der Waals surface area contributed by atoms with Crippen LogP contribution in [0.5, 0.6) is 5.88 Å². The van der Waals surface area contributed by atoms with E-state index in [1.807, 2.05) is 0 Å². The van der Waals surface area contributed by atoms with E-state index in [-0.39, 0.29) is 11.8 Å². The Bertz CT molecular complexity index is 632. The average Bonchev–Trinajstić information content (AvgIpc) is 2.90. The number of hydrogen-bond donors (Lipinski definition) is 3. The lowest BCUT2D eigenvalue weighted by Crippen LogP contribution is -2.51. The molecule has 0 aromatic carbocycles. The number of Topliss-reactive ketones (excluding diaryl/α,β-unsaturated/α-hetero) is 1. The number of aromatic carboxylic acids is 1. The van der Waals surface area contributed by atoms with Crippen molar-refractivity contribution in [3.8, 4) is 5.88 Å². The number of ether oxygens (including phenoxy) is 2. The predicted molar refractivity (Wildman–Crippen MR) is 83.1 cm³/mol. The van der Waals surface area contributed by atoms with Crippen molar-refractivity contribution in [2.45, 2.75) is 52.6 Å². The van der Waals surface area contributed by atoms with Crippen LogP contribution in [0, 0.1) is 5.92 Å². The normalized spacial score (nSPS) is 13.9. The Morgan fingerprint density at radius 1 is 1.28 bits per heavy atom. The fraction of sp³-hybridized carbons (Fsp3) is 0.600. The van der Waals surface area contributed by atoms with Crippen molar-refractivity contribution in [3.63, 3.8) is 0 Å². The first-order valence-electron chi connectivity index (χ1n) is 7.48. The van der Waals surface area contributed by atoms with Crippen molar-refractivity contribution in [1.29, 1.82) is 0 Å². The highest BCUT2D eigenvalue weighted by Gasteiger charge is 2.33. The quantitative estimate of drug-likeness (QED) is 0.611. The van der Waals surface area contributed by atoms with E-state index in [2.05, 4.69) is 15.0 Å². The number of carbonyl (C=O) groups excluding carboxylic acids is 2. The van der Waals surface area contributed by atoms with Crippen molar-refractivity contribution in [1.82, 2.24) is 10.5 Å². The van der Waals surface area contributed by atoms with Gasteiger partial charge in [0.15, 0.2) is 0 Å². The zero-order chi connectivity index (χ0) is 19.4. The Balaban J connectivity index is 2.76. The fourth-order valence-electron chi connectivity index (χ4n) is 1.74. The summed E-state index contributed by atoms with van der Waals surface area (Å²) in [6.45, 7) is 8.32. The number of aromatic nitrogens is 1. The molecule has 0 saturated carbocycles. The minimum Gasteiger partial charge on any atom is -0.475 e. The number of carboxylic acids is 1. The molecule has 2 atom stereocenters. The van der Waals surface area contributed by atoms with Gasteiger partial charge in [-0.15, -0.1) is 0 Å². The van der Waals surface area contributed by atoms with E-state index in [0.29, 0.717) is 0 Å². The van der Waals surface area contributed by atoms with Crippen LogP contribution >= 0.6 is 0 Å². The summed E-state index contributed by atoms with van der Waals surface area (Å²) < 4.78 is 14.4. The summed E-state index contributed by atoms with van der Waals surface area (Å²) in [5.74, 6) is -3.49. The van der Waals surface area contributed by atoms with E-state index in [9.17, 15) is 19.5 Å². The first-order chi connectivity index (χ1) is 11.4. The maximum atomic E-state index is 12.3. The standard InChI is InChI=1S/C15H22N2O8/c1-7(2)10(16-14(22)24-15(3,4)5)11(18)13(21)23-9-6-8(12(19)20)25-17-9/h6-7,10,13,21H,1-5H3,(H,16,22)(H,19,20)/t10-,13?/m0/s1. The van der Waals surface area contributed by atoms with Crippen molar-refractivity contribution in [3.05, 3.63) is 11.8 Å². The molecule has 0 radical (unpaired) electrons. The molecule has 10 heteroatoms. The van der Waals surface area contributed by atoms with Crippen LogP contribution in [0.25, 0.3) is 0 Å². The van der Waals surface area contributed by atoms with Crippen LogP contribution in [0.1, 0.15) is 45.2 Å². The Morgan fingerprint density at radius 3 is 2.32 bits per heavy atom. The molecular formula is C15H22N2O8. The van der Waals surface area contributed by atoms with Gasteiger partial charge in [-0.2, -0.15) is 0 Å². The highest BCUT2D eigenvalue weighted by Crippen LogP contribution is 2.15. The molecule has 0 saturated heterocycles. The monoisotopic (exact) mass is 358 g/mol. The third-order valence-corrected chi connectivity index (χ3v) is 2.82. The lowest BCUT2D eigenvalue weighted by atomic mass is 9.99. The molecule has 0 aliphatic rings. The van der Waals surface area contributed by atoms with Crippen molar-refractivity contribution >= 4 is 17.8 Å². The van der Waals surface area contributed by atoms with Crippen LogP contribution in [-0.2, 0) is 9.53 Å². The van der Waals surface area contributed by atoms with E-state index in [1.54, 1.807) is 34.6 Å². The summed E-state index contributed by atoms with van der Waals surface area (Å²) in [6.07, 6.45) is -2.80. The van der Waals surface area contributed by atoms with E-state index in [0.717, 1.165) is 6.07 Å². The molecule has 0 fully saturated rings. The largest absolute Gasteiger partial charge is 0.475 e. The molecule has 1 unspecified atom stereocenters. The summed E-state index contributed by atoms with van der Waals surface area (Å²) in [6, 6.07) is -0.180. The number of nitrogens with zero attached hydrogens (tertiary/aromatic N) is 1. The molecule has 0 bridgehead atoms. The van der Waals surface area contributed by atoms with Gasteiger partial charge in [0.1, 0.15) is 5.60 Å². The second-order valence-electron chi connectivity index (χ2n) is 6.58. The summed E-state index contributed by atoms with van der Waals surface area (Å²) in [5.41, 5.74) is -0.752. The Morgan fingerprint density at radius 2 is 1.88 bits per heavy atom. The summed E-state index contributed by atoms with van der Waals surface area (Å²) in [4.78, 5) is 34.8. The SMILES string of the molecule is CC(C)[C@H](NC(=O)OC(C)(C)C)C(=O)C(O)Oc1cc(C(=O)O)on1. The lowest BCUT2D eigenvalue weighted by Gasteiger charge is -2.26. The van der Waals surface area contributed by atoms with Gasteiger partial charge in [-0.3, -0.25) is 4.79 Å². The maximum absolute atomic E-state index is 12.3. The van der Waals surface area contributed by atoms with Crippen molar-refractivity contribution in [2.75, 3.05) is 0 Å². The van der Waals surface area contributed by atoms with E-state index in [1.165, 1.54) is 0 Å². The summed E-state index contributed by atoms with van der Waals surface area (Å²) in [7, 11) is 0. The number of amides is 1. The number of alkyl carbamates (subject to hydrolysis) is 1. The Kier molecular flexibility index (Phi) is 6.51. The van der Waals surface area contributed by atoms with Gasteiger partial charge in [0.2, 0.25) is 11.5 Å². The smallest absolute Gasteiger partial charge is 0.408 e. The number of aliphatic hydroxyl groups is 1. The number of hydrogen-bond acceptors (Lipinski definition) is 8. The topological polar surface area (TPSA) is 148 Å². The van der Waals surface area contributed by atoms with Crippen LogP contribution in [-0.4, -0.2) is 51.1 Å². The number of nitrogens with one attached hydrogen (secondary N) is 1. The molecule has 25 heavy (non-hydrogen) atoms. The van der Waals surface area contributed by atoms with Gasteiger partial charge in [-0.1, -0.05) is 13.8 Å². The predicted octanol–water partition coefficient (Wildman–Crippen LogP) is 1.19. The number of carboxylic acid groups (broad SMARTS) is 1. The Hall–Kier alpha value is -2.62. The van der Waals surface area contributed by atoms with E-state index >= 15 is 0 Å². The fourth-order valence-corrected chi connectivity index (χ4v) is 1.74. The third-order valence-electron chi connectivity index (χ3n) is 2.82. The Labute approximate surface area is 144 Å². The molecule has 10 nitrogen and oxygen atoms in total. The van der Waals surface area contributed by atoms with Gasteiger partial charge < -0.3 is 29.5 Å². The highest BCUT2D eigenvalue weighted by atomic mass is 16.6. The molecule has 0 aliphatic carbocycles. The number of ketones is 1. The maximum Gasteiger partial charge on any atom is 0.408 e. The van der Waals surface area contributed by atoms with Gasteiger partial charge in [-0.05, 0) is 31.8 Å². The average molecular weight is 358 g/mol. The van der Waals surface area contributed by atoms with Gasteiger partial charge in [0, 0.05) is 0 Å². The molecule has 1 amide bonds. The third kappa shape index (κ3) is 6.42. The molecule has 1 heterocycles. The van der Waals surface area contributed by atoms with Gasteiger partial charge in [0.05, 0.1) is 12.1 Å². The molecule has 1 aromatic rings. The number of carbonyl (C=O) groups is 3. The highest BCUT2D eigenvalue weighted by molar-refractivity contribution is 5.90. The zero-order valence-corrected chi connectivity index (χ0v) is 14.6. The molecule has 1 aromatic heterocycles. The van der Waals surface area contributed by atoms with Gasteiger partial charge >= 0.3 is 12.1 Å². The minimum absolute atomic E-state index is 0.370. The summed E-state index contributed by atoms with van der Waals surface area (Å²) in [5, 5.41) is 24.3.